The highest BCUT2D eigenvalue weighted by Crippen LogP contribution is 2.19. The Hall–Kier alpha value is -3.28. The zero-order valence-corrected chi connectivity index (χ0v) is 13.6. The van der Waals surface area contributed by atoms with E-state index in [-0.39, 0.29) is 5.82 Å². The van der Waals surface area contributed by atoms with Gasteiger partial charge in [0, 0.05) is 23.9 Å². The number of anilines is 2. The molecule has 0 spiro atoms. The molecule has 4 rings (SSSR count). The number of hydrogen-bond donors (Lipinski definition) is 1. The van der Waals surface area contributed by atoms with Crippen molar-refractivity contribution in [1.82, 2.24) is 19.6 Å². The highest BCUT2D eigenvalue weighted by atomic mass is 19.1. The molecule has 2 heterocycles. The molecule has 5 nitrogen and oxygen atoms in total. The van der Waals surface area contributed by atoms with Gasteiger partial charge in [-0.25, -0.2) is 9.37 Å². The summed E-state index contributed by atoms with van der Waals surface area (Å²) in [5, 5.41) is 7.82. The molecule has 6 heteroatoms. The number of fused-ring (bicyclic) bond motifs is 1. The summed E-state index contributed by atoms with van der Waals surface area (Å²) < 4.78 is 14.8. The molecular weight excluding hydrogens is 317 g/mol. The average Bonchev–Trinajstić information content (AvgIpc) is 3.00. The molecule has 0 amide bonds. The summed E-state index contributed by atoms with van der Waals surface area (Å²) in [5.74, 6) is 1.70. The van der Waals surface area contributed by atoms with Crippen molar-refractivity contribution in [1.29, 1.82) is 0 Å². The number of aryl methyl sites for hydroxylation is 1. The van der Waals surface area contributed by atoms with Crippen LogP contribution in [-0.2, 0) is 6.42 Å². The van der Waals surface area contributed by atoms with Crippen LogP contribution in [0.5, 0.6) is 0 Å². The SMILES string of the molecule is Cc1cc(Nc2ccc(F)cc2)n2nc(Cc3ccccc3)nc2n1. The second kappa shape index (κ2) is 6.32. The lowest BCUT2D eigenvalue weighted by atomic mass is 10.1. The van der Waals surface area contributed by atoms with Gasteiger partial charge in [-0.3, -0.25) is 0 Å². The van der Waals surface area contributed by atoms with Crippen LogP contribution >= 0.6 is 0 Å². The quantitative estimate of drug-likeness (QED) is 0.615. The van der Waals surface area contributed by atoms with E-state index in [1.807, 2.05) is 43.3 Å². The summed E-state index contributed by atoms with van der Waals surface area (Å²) in [7, 11) is 0. The Bertz CT molecular complexity index is 1010. The Labute approximate surface area is 144 Å². The van der Waals surface area contributed by atoms with E-state index in [4.69, 9.17) is 0 Å². The van der Waals surface area contributed by atoms with Crippen molar-refractivity contribution >= 4 is 17.3 Å². The van der Waals surface area contributed by atoms with Crippen LogP contribution in [0.2, 0.25) is 0 Å². The first-order valence-corrected chi connectivity index (χ1v) is 7.97. The third-order valence-electron chi connectivity index (χ3n) is 3.81. The van der Waals surface area contributed by atoms with Crippen LogP contribution in [0.4, 0.5) is 15.9 Å². The van der Waals surface area contributed by atoms with Gasteiger partial charge in [-0.05, 0) is 36.8 Å². The summed E-state index contributed by atoms with van der Waals surface area (Å²) in [6, 6.07) is 18.1. The maximum absolute atomic E-state index is 13.1. The maximum atomic E-state index is 13.1. The van der Waals surface area contributed by atoms with Gasteiger partial charge in [-0.2, -0.15) is 9.50 Å². The number of nitrogens with zero attached hydrogens (tertiary/aromatic N) is 4. The molecule has 0 aliphatic rings. The Morgan fingerprint density at radius 3 is 2.52 bits per heavy atom. The fourth-order valence-electron chi connectivity index (χ4n) is 2.65. The van der Waals surface area contributed by atoms with Crippen LogP contribution < -0.4 is 5.32 Å². The summed E-state index contributed by atoms with van der Waals surface area (Å²) in [6.07, 6.45) is 0.638. The van der Waals surface area contributed by atoms with Crippen molar-refractivity contribution in [3.8, 4) is 0 Å². The number of benzene rings is 2. The van der Waals surface area contributed by atoms with Crippen LogP contribution in [0.15, 0.2) is 60.7 Å². The van der Waals surface area contributed by atoms with E-state index in [1.54, 1.807) is 16.6 Å². The van der Waals surface area contributed by atoms with Crippen LogP contribution in [0, 0.1) is 12.7 Å². The molecule has 0 atom stereocenters. The monoisotopic (exact) mass is 333 g/mol. The minimum atomic E-state index is -0.271. The fraction of sp³-hybridized carbons (Fsp3) is 0.105. The molecule has 2 aromatic heterocycles. The molecule has 0 aliphatic heterocycles. The molecule has 0 bridgehead atoms. The standard InChI is InChI=1S/C19H16FN5/c1-13-11-18(22-16-9-7-15(20)8-10-16)25-19(21-13)23-17(24-25)12-14-5-3-2-4-6-14/h2-11,22H,12H2,1H3. The number of aromatic nitrogens is 4. The molecule has 25 heavy (non-hydrogen) atoms. The van der Waals surface area contributed by atoms with Crippen molar-refractivity contribution in [3.05, 3.63) is 83.6 Å². The van der Waals surface area contributed by atoms with Gasteiger partial charge in [-0.1, -0.05) is 30.3 Å². The predicted octanol–water partition coefficient (Wildman–Crippen LogP) is 3.91. The van der Waals surface area contributed by atoms with E-state index in [9.17, 15) is 4.39 Å². The van der Waals surface area contributed by atoms with E-state index >= 15 is 0 Å². The topological polar surface area (TPSA) is 55.1 Å². The van der Waals surface area contributed by atoms with Gasteiger partial charge in [0.2, 0.25) is 0 Å². The minimum absolute atomic E-state index is 0.271. The minimum Gasteiger partial charge on any atom is -0.340 e. The second-order valence-electron chi connectivity index (χ2n) is 5.82. The van der Waals surface area contributed by atoms with Crippen molar-refractivity contribution in [3.63, 3.8) is 0 Å². The van der Waals surface area contributed by atoms with E-state index < -0.39 is 0 Å². The van der Waals surface area contributed by atoms with Gasteiger partial charge < -0.3 is 5.32 Å². The highest BCUT2D eigenvalue weighted by molar-refractivity contribution is 5.58. The second-order valence-corrected chi connectivity index (χ2v) is 5.82. The Balaban J connectivity index is 1.70. The number of nitrogens with one attached hydrogen (secondary N) is 1. The molecule has 0 saturated heterocycles. The normalized spacial score (nSPS) is 11.0. The fourth-order valence-corrected chi connectivity index (χ4v) is 2.65. The molecule has 2 aromatic carbocycles. The first-order chi connectivity index (χ1) is 12.2. The smallest absolute Gasteiger partial charge is 0.254 e. The van der Waals surface area contributed by atoms with E-state index in [0.717, 1.165) is 22.8 Å². The summed E-state index contributed by atoms with van der Waals surface area (Å²) in [6.45, 7) is 1.90. The van der Waals surface area contributed by atoms with Crippen LogP contribution in [0.25, 0.3) is 5.78 Å². The third kappa shape index (κ3) is 3.33. The molecule has 0 fully saturated rings. The zero-order valence-electron chi connectivity index (χ0n) is 13.6. The Morgan fingerprint density at radius 2 is 1.76 bits per heavy atom. The van der Waals surface area contributed by atoms with Crippen LogP contribution in [-0.4, -0.2) is 19.6 Å². The average molecular weight is 333 g/mol. The summed E-state index contributed by atoms with van der Waals surface area (Å²) in [4.78, 5) is 8.97. The van der Waals surface area contributed by atoms with Crippen LogP contribution in [0.1, 0.15) is 17.1 Å². The van der Waals surface area contributed by atoms with E-state index in [2.05, 4.69) is 20.4 Å². The van der Waals surface area contributed by atoms with E-state index in [0.29, 0.717) is 18.0 Å². The molecule has 4 aromatic rings. The maximum Gasteiger partial charge on any atom is 0.254 e. The lowest BCUT2D eigenvalue weighted by molar-refractivity contribution is 0.628. The van der Waals surface area contributed by atoms with Gasteiger partial charge in [-0.15, -0.1) is 5.10 Å². The van der Waals surface area contributed by atoms with Crippen molar-refractivity contribution in [2.75, 3.05) is 5.32 Å². The molecule has 0 saturated carbocycles. The lowest BCUT2D eigenvalue weighted by Crippen LogP contribution is -2.03. The van der Waals surface area contributed by atoms with Gasteiger partial charge in [0.05, 0.1) is 0 Å². The molecule has 0 unspecified atom stereocenters. The molecular formula is C19H16FN5. The van der Waals surface area contributed by atoms with Gasteiger partial charge in [0.15, 0.2) is 5.82 Å². The Kier molecular flexibility index (Phi) is 3.85. The first kappa shape index (κ1) is 15.3. The van der Waals surface area contributed by atoms with E-state index in [1.165, 1.54) is 12.1 Å². The van der Waals surface area contributed by atoms with Crippen molar-refractivity contribution < 1.29 is 4.39 Å². The number of rotatable bonds is 4. The zero-order chi connectivity index (χ0) is 17.2. The first-order valence-electron chi connectivity index (χ1n) is 7.97. The van der Waals surface area contributed by atoms with Gasteiger partial charge in [0.25, 0.3) is 5.78 Å². The largest absolute Gasteiger partial charge is 0.340 e. The summed E-state index contributed by atoms with van der Waals surface area (Å²) in [5.41, 5.74) is 2.74. The molecule has 0 radical (unpaired) electrons. The van der Waals surface area contributed by atoms with Gasteiger partial charge >= 0.3 is 0 Å². The molecule has 124 valence electrons. The summed E-state index contributed by atoms with van der Waals surface area (Å²) >= 11 is 0. The Morgan fingerprint density at radius 1 is 1.00 bits per heavy atom. The van der Waals surface area contributed by atoms with Gasteiger partial charge in [0.1, 0.15) is 11.6 Å². The van der Waals surface area contributed by atoms with Crippen LogP contribution in [0.3, 0.4) is 0 Å². The molecule has 0 aliphatic carbocycles. The van der Waals surface area contributed by atoms with Crippen molar-refractivity contribution in [2.24, 2.45) is 0 Å². The predicted molar refractivity (Wildman–Crippen MR) is 94.4 cm³/mol. The van der Waals surface area contributed by atoms with Crippen molar-refractivity contribution in [2.45, 2.75) is 13.3 Å². The number of hydrogen-bond acceptors (Lipinski definition) is 4. The highest BCUT2D eigenvalue weighted by Gasteiger charge is 2.11. The molecule has 1 N–H and O–H groups in total. The number of halogens is 1. The third-order valence-corrected chi connectivity index (χ3v) is 3.81. The lowest BCUT2D eigenvalue weighted by Gasteiger charge is -2.08.